The molecule has 0 spiro atoms. The van der Waals surface area contributed by atoms with Crippen LogP contribution in [0.4, 0.5) is 10.6 Å². The third-order valence-corrected chi connectivity index (χ3v) is 3.05. The lowest BCUT2D eigenvalue weighted by atomic mass is 10.2. The van der Waals surface area contributed by atoms with Gasteiger partial charge in [-0.25, -0.2) is 4.79 Å². The molecule has 6 nitrogen and oxygen atoms in total. The summed E-state index contributed by atoms with van der Waals surface area (Å²) in [4.78, 5) is 13.1. The Morgan fingerprint density at radius 2 is 2.00 bits per heavy atom. The molecular formula is C13H25N4O2+. The summed E-state index contributed by atoms with van der Waals surface area (Å²) in [5, 5.41) is 9.16. The van der Waals surface area contributed by atoms with Crippen molar-refractivity contribution in [1.29, 1.82) is 0 Å². The average Bonchev–Trinajstić information content (AvgIpc) is 2.69. The zero-order valence-corrected chi connectivity index (χ0v) is 12.4. The zero-order valence-electron chi connectivity index (χ0n) is 12.4. The predicted molar refractivity (Wildman–Crippen MR) is 74.4 cm³/mol. The van der Waals surface area contributed by atoms with E-state index in [4.69, 9.17) is 4.52 Å². The van der Waals surface area contributed by atoms with Crippen molar-refractivity contribution in [2.45, 2.75) is 46.7 Å². The van der Waals surface area contributed by atoms with Crippen LogP contribution in [0, 0.1) is 6.92 Å². The van der Waals surface area contributed by atoms with E-state index in [9.17, 15) is 4.79 Å². The van der Waals surface area contributed by atoms with Gasteiger partial charge in [-0.2, -0.15) is 0 Å². The Kier molecular flexibility index (Phi) is 5.82. The number of carbonyl (C=O) groups excluding carboxylic acids is 1. The van der Waals surface area contributed by atoms with Crippen LogP contribution < -0.4 is 15.5 Å². The number of aromatic nitrogens is 1. The highest BCUT2D eigenvalue weighted by molar-refractivity contribution is 5.88. The summed E-state index contributed by atoms with van der Waals surface area (Å²) < 4.78 is 4.87. The van der Waals surface area contributed by atoms with Crippen LogP contribution >= 0.6 is 0 Å². The quantitative estimate of drug-likeness (QED) is 0.715. The van der Waals surface area contributed by atoms with E-state index < -0.39 is 0 Å². The van der Waals surface area contributed by atoms with Gasteiger partial charge in [0.05, 0.1) is 25.2 Å². The maximum atomic E-state index is 11.6. The number of carbonyl (C=O) groups is 1. The molecule has 0 saturated heterocycles. The predicted octanol–water partition coefficient (Wildman–Crippen LogP) is 0.806. The fourth-order valence-electron chi connectivity index (χ4n) is 2.15. The van der Waals surface area contributed by atoms with Crippen molar-refractivity contribution in [3.63, 3.8) is 0 Å². The molecule has 2 amide bonds. The van der Waals surface area contributed by atoms with Crippen LogP contribution in [-0.2, 0) is 0 Å². The van der Waals surface area contributed by atoms with Gasteiger partial charge in [0.2, 0.25) is 0 Å². The summed E-state index contributed by atoms with van der Waals surface area (Å²) in [5.74, 6) is 1.11. The largest absolute Gasteiger partial charge is 0.360 e. The van der Waals surface area contributed by atoms with Gasteiger partial charge in [-0.05, 0) is 34.6 Å². The second-order valence-electron chi connectivity index (χ2n) is 5.34. The number of rotatable bonds is 6. The molecule has 0 unspecified atom stereocenters. The number of aryl methyl sites for hydroxylation is 1. The summed E-state index contributed by atoms with van der Waals surface area (Å²) in [6, 6.07) is 2.52. The van der Waals surface area contributed by atoms with Crippen molar-refractivity contribution in [1.82, 2.24) is 10.5 Å². The normalized spacial score (nSPS) is 11.4. The minimum atomic E-state index is -0.250. The standard InChI is InChI=1S/C13H24N4O2/c1-9(2)17(10(3)4)7-6-14-13(18)15-12-8-11(5)19-16-12/h8-10H,6-7H2,1-5H3,(H2,14,15,16,18)/p+1. The SMILES string of the molecule is Cc1cc(NC(=O)NCC[NH+](C(C)C)C(C)C)no1. The van der Waals surface area contributed by atoms with Crippen LogP contribution in [0.5, 0.6) is 0 Å². The Morgan fingerprint density at radius 1 is 1.37 bits per heavy atom. The molecule has 0 aliphatic heterocycles. The van der Waals surface area contributed by atoms with Gasteiger partial charge in [-0.15, -0.1) is 0 Å². The van der Waals surface area contributed by atoms with E-state index in [0.717, 1.165) is 6.54 Å². The lowest BCUT2D eigenvalue weighted by Crippen LogP contribution is -3.18. The van der Waals surface area contributed by atoms with Crippen molar-refractivity contribution in [3.05, 3.63) is 11.8 Å². The van der Waals surface area contributed by atoms with Gasteiger partial charge in [0.25, 0.3) is 0 Å². The molecule has 0 radical (unpaired) electrons. The van der Waals surface area contributed by atoms with Gasteiger partial charge in [-0.3, -0.25) is 5.32 Å². The molecule has 1 aromatic heterocycles. The number of urea groups is 1. The molecule has 6 heteroatoms. The molecule has 0 bridgehead atoms. The van der Waals surface area contributed by atoms with Crippen molar-refractivity contribution < 1.29 is 14.2 Å². The molecule has 19 heavy (non-hydrogen) atoms. The van der Waals surface area contributed by atoms with Crippen molar-refractivity contribution in [2.75, 3.05) is 18.4 Å². The first-order chi connectivity index (χ1) is 8.90. The van der Waals surface area contributed by atoms with E-state index in [0.29, 0.717) is 30.2 Å². The van der Waals surface area contributed by atoms with Crippen LogP contribution in [0.1, 0.15) is 33.5 Å². The number of amides is 2. The number of hydrogen-bond acceptors (Lipinski definition) is 3. The number of nitrogens with zero attached hydrogens (tertiary/aromatic N) is 1. The number of quaternary nitrogens is 1. The van der Waals surface area contributed by atoms with Crippen molar-refractivity contribution in [2.24, 2.45) is 0 Å². The molecule has 3 N–H and O–H groups in total. The molecule has 1 heterocycles. The lowest BCUT2D eigenvalue weighted by Gasteiger charge is -2.27. The minimum Gasteiger partial charge on any atom is -0.360 e. The summed E-state index contributed by atoms with van der Waals surface area (Å²) >= 11 is 0. The van der Waals surface area contributed by atoms with Crippen molar-refractivity contribution >= 4 is 11.8 Å². The topological polar surface area (TPSA) is 71.6 Å². The molecule has 108 valence electrons. The summed E-state index contributed by atoms with van der Waals surface area (Å²) in [6.07, 6.45) is 0. The minimum absolute atomic E-state index is 0.250. The fourth-order valence-corrected chi connectivity index (χ4v) is 2.15. The molecule has 0 aliphatic carbocycles. The smallest absolute Gasteiger partial charge is 0.320 e. The van der Waals surface area contributed by atoms with Gasteiger partial charge in [0.1, 0.15) is 5.76 Å². The molecule has 0 aliphatic rings. The number of hydrogen-bond donors (Lipinski definition) is 3. The molecule has 0 aromatic carbocycles. The van der Waals surface area contributed by atoms with E-state index in [-0.39, 0.29) is 6.03 Å². The van der Waals surface area contributed by atoms with Gasteiger partial charge in [-0.1, -0.05) is 5.16 Å². The van der Waals surface area contributed by atoms with Crippen LogP contribution in [0.15, 0.2) is 10.6 Å². The van der Waals surface area contributed by atoms with Crippen LogP contribution in [0.2, 0.25) is 0 Å². The van der Waals surface area contributed by atoms with E-state index >= 15 is 0 Å². The van der Waals surface area contributed by atoms with Gasteiger partial charge >= 0.3 is 6.03 Å². The number of anilines is 1. The van der Waals surface area contributed by atoms with E-state index in [1.54, 1.807) is 13.0 Å². The first-order valence-electron chi connectivity index (χ1n) is 6.74. The molecule has 0 saturated carbocycles. The van der Waals surface area contributed by atoms with Crippen LogP contribution in [0.3, 0.4) is 0 Å². The van der Waals surface area contributed by atoms with Crippen LogP contribution in [-0.4, -0.2) is 36.4 Å². The van der Waals surface area contributed by atoms with E-state index in [2.05, 4.69) is 43.5 Å². The summed E-state index contributed by atoms with van der Waals surface area (Å²) in [7, 11) is 0. The highest BCUT2D eigenvalue weighted by Gasteiger charge is 2.16. The van der Waals surface area contributed by atoms with Gasteiger partial charge < -0.3 is 14.7 Å². The molecule has 0 atom stereocenters. The average molecular weight is 269 g/mol. The molecule has 0 fully saturated rings. The van der Waals surface area contributed by atoms with Crippen molar-refractivity contribution in [3.8, 4) is 0 Å². The highest BCUT2D eigenvalue weighted by Crippen LogP contribution is 2.05. The zero-order chi connectivity index (χ0) is 14.4. The van der Waals surface area contributed by atoms with Crippen LogP contribution in [0.25, 0.3) is 0 Å². The Bertz CT molecular complexity index is 393. The monoisotopic (exact) mass is 269 g/mol. The Morgan fingerprint density at radius 3 is 2.47 bits per heavy atom. The summed E-state index contributed by atoms with van der Waals surface area (Å²) in [5.41, 5.74) is 0. The molecular weight excluding hydrogens is 244 g/mol. The lowest BCUT2D eigenvalue weighted by molar-refractivity contribution is -0.941. The third-order valence-electron chi connectivity index (χ3n) is 3.05. The van der Waals surface area contributed by atoms with Gasteiger partial charge in [0, 0.05) is 6.07 Å². The fraction of sp³-hybridized carbons (Fsp3) is 0.692. The second-order valence-corrected chi connectivity index (χ2v) is 5.34. The van der Waals surface area contributed by atoms with Gasteiger partial charge in [0.15, 0.2) is 5.82 Å². The summed E-state index contributed by atoms with van der Waals surface area (Å²) in [6.45, 7) is 12.1. The Hall–Kier alpha value is -1.56. The molecule has 1 rings (SSSR count). The van der Waals surface area contributed by atoms with E-state index in [1.807, 2.05) is 0 Å². The maximum Gasteiger partial charge on any atom is 0.320 e. The molecule has 1 aromatic rings. The second kappa shape index (κ2) is 7.13. The Balaban J connectivity index is 2.30. The first-order valence-corrected chi connectivity index (χ1v) is 6.74. The maximum absolute atomic E-state index is 11.6. The first kappa shape index (κ1) is 15.5. The van der Waals surface area contributed by atoms with E-state index in [1.165, 1.54) is 4.90 Å². The highest BCUT2D eigenvalue weighted by atomic mass is 16.5. The Labute approximate surface area is 114 Å². The third kappa shape index (κ3) is 5.30. The number of nitrogens with one attached hydrogen (secondary N) is 3.